The number of benzene rings is 4. The maximum Gasteiger partial charge on any atom is 2.00 e. The summed E-state index contributed by atoms with van der Waals surface area (Å²) in [5.74, 6) is -6.43. The number of carbonyl (C=O) groups excluding carboxylic acids is 2. The van der Waals surface area contributed by atoms with Crippen molar-refractivity contribution in [3.05, 3.63) is 143 Å². The fourth-order valence-corrected chi connectivity index (χ4v) is 8.18. The van der Waals surface area contributed by atoms with Crippen LogP contribution < -0.4 is 20.0 Å². The fraction of sp³-hybridized carbons (Fsp3) is 0.308. The Bertz CT molecular complexity index is 2660. The molecule has 0 saturated heterocycles. The van der Waals surface area contributed by atoms with Crippen LogP contribution in [0.3, 0.4) is 0 Å². The van der Waals surface area contributed by atoms with Crippen molar-refractivity contribution < 1.29 is 57.8 Å². The van der Waals surface area contributed by atoms with Gasteiger partial charge in [-0.05, 0) is 62.1 Å². The maximum absolute atomic E-state index is 14.3. The molecule has 17 heteroatoms. The molecule has 4 atom stereocenters. The molecule has 0 amide bonds. The van der Waals surface area contributed by atoms with Gasteiger partial charge in [0.1, 0.15) is 0 Å². The van der Waals surface area contributed by atoms with Crippen molar-refractivity contribution in [2.24, 2.45) is 0 Å². The molecular formula is C52H50CaF4N4O8. The normalized spacial score (nSPS) is 15.3. The summed E-state index contributed by atoms with van der Waals surface area (Å²) >= 11 is 0. The molecule has 4 aromatic carbocycles. The van der Waals surface area contributed by atoms with Crippen LogP contribution in [0.15, 0.2) is 97.1 Å². The minimum absolute atomic E-state index is 0. The molecule has 12 nitrogen and oxygen atoms in total. The quantitative estimate of drug-likeness (QED) is 0.0543. The summed E-state index contributed by atoms with van der Waals surface area (Å²) in [6, 6.07) is 23.2. The minimum Gasteiger partial charge on any atom is -0.550 e. The van der Waals surface area contributed by atoms with Crippen LogP contribution in [-0.4, -0.2) is 119 Å². The summed E-state index contributed by atoms with van der Waals surface area (Å²) in [5.41, 5.74) is 6.27. The van der Waals surface area contributed by atoms with E-state index in [1.54, 1.807) is 12.2 Å². The number of fused-ring (bicyclic) bond motifs is 2. The van der Waals surface area contributed by atoms with Gasteiger partial charge in [-0.15, -0.1) is 0 Å². The molecule has 8 rings (SSSR count). The van der Waals surface area contributed by atoms with Gasteiger partial charge in [-0.1, -0.05) is 60.7 Å². The summed E-state index contributed by atoms with van der Waals surface area (Å²) in [7, 11) is 3.64. The third-order valence-corrected chi connectivity index (χ3v) is 11.8. The van der Waals surface area contributed by atoms with Crippen LogP contribution >= 0.6 is 0 Å². The van der Waals surface area contributed by atoms with Crippen LogP contribution in [-0.2, 0) is 9.59 Å². The van der Waals surface area contributed by atoms with Crippen molar-refractivity contribution in [1.29, 1.82) is 0 Å². The zero-order valence-electron chi connectivity index (χ0n) is 37.9. The Hall–Kier alpha value is -5.46. The molecule has 2 fully saturated rings. The summed E-state index contributed by atoms with van der Waals surface area (Å²) in [6.07, 6.45) is 3.55. The van der Waals surface area contributed by atoms with E-state index in [1.807, 2.05) is 84.6 Å². The smallest absolute Gasteiger partial charge is 0.550 e. The number of carboxylic acid groups (broad SMARTS) is 2. The molecule has 6 aromatic rings. The van der Waals surface area contributed by atoms with Crippen molar-refractivity contribution in [2.45, 2.75) is 87.6 Å². The molecule has 0 radical (unpaired) electrons. The van der Waals surface area contributed by atoms with Gasteiger partial charge in [0.2, 0.25) is 0 Å². The molecule has 0 spiro atoms. The third kappa shape index (κ3) is 13.5. The number of hydrogen-bond acceptors (Lipinski definition) is 12. The second-order valence-electron chi connectivity index (χ2n) is 17.2. The molecule has 0 aliphatic heterocycles. The average Bonchev–Trinajstić information content (AvgIpc) is 4.23. The van der Waals surface area contributed by atoms with E-state index in [9.17, 15) is 57.8 Å². The zero-order valence-corrected chi connectivity index (χ0v) is 40.2. The Morgan fingerprint density at radius 3 is 1.26 bits per heavy atom. The number of pyridine rings is 2. The number of aliphatic carboxylic acids is 2. The van der Waals surface area contributed by atoms with E-state index in [0.29, 0.717) is 44.3 Å². The van der Waals surface area contributed by atoms with Crippen LogP contribution in [0.2, 0.25) is 0 Å². The first kappa shape index (κ1) is 52.9. The molecule has 2 aliphatic rings. The molecular weight excluding hydrogens is 925 g/mol. The fourth-order valence-electron chi connectivity index (χ4n) is 8.18. The van der Waals surface area contributed by atoms with Gasteiger partial charge < -0.3 is 50.0 Å². The van der Waals surface area contributed by atoms with E-state index < -0.39 is 72.5 Å². The first-order valence-corrected chi connectivity index (χ1v) is 22.2. The minimum atomic E-state index is -1.40. The number of halogens is 4. The summed E-state index contributed by atoms with van der Waals surface area (Å²) in [4.78, 5) is 34.4. The number of para-hydroxylation sites is 2. The van der Waals surface area contributed by atoms with Crippen LogP contribution in [0.1, 0.15) is 85.7 Å². The second kappa shape index (κ2) is 23.4. The van der Waals surface area contributed by atoms with E-state index in [4.69, 9.17) is 0 Å². The second-order valence-corrected chi connectivity index (χ2v) is 17.2. The Balaban J connectivity index is 0.000000224. The third-order valence-electron chi connectivity index (χ3n) is 11.8. The SMILES string of the molecule is CN(c1ccccc1)c1c(/C=C/[C@@H](O)C[C@@H](O)CC(=O)[O-])c(C2CC2)nc2cc(F)c(F)cc12.CN(c1ccccc1)c1c(/C=C/[C@@H](O)C[C@@H](O)CC(=O)[O-])c(C2CC2)nc2cc(F)c(F)cc12.[Ca+2]. The number of hydrogen-bond donors (Lipinski definition) is 4. The van der Waals surface area contributed by atoms with Crippen LogP contribution in [0.25, 0.3) is 34.0 Å². The van der Waals surface area contributed by atoms with Gasteiger partial charge in [0, 0.05) is 109 Å². The summed E-state index contributed by atoms with van der Waals surface area (Å²) in [5, 5.41) is 62.6. The van der Waals surface area contributed by atoms with Gasteiger partial charge in [-0.3, -0.25) is 9.97 Å². The Morgan fingerprint density at radius 2 is 0.942 bits per heavy atom. The van der Waals surface area contributed by atoms with E-state index in [0.717, 1.165) is 72.7 Å². The molecule has 2 heterocycles. The average molecular weight is 975 g/mol. The van der Waals surface area contributed by atoms with Gasteiger partial charge >= 0.3 is 37.7 Å². The topological polar surface area (TPSA) is 193 Å². The standard InChI is InChI=1S/2C26H26F2N2O4.Ca/c2*1-30(16-5-3-2-4-6-16)26-19(10-9-17(31)11-18(32)12-24(33)34)25(15-7-8-15)29-23-14-22(28)21(27)13-20(23)26;/h2*2-6,9-10,13-15,17-18,31-32H,7-8,11-12H2,1H3,(H,33,34);/q;;+2/p-2/b2*10-9+;/t2*17-,18-;/m11./s1. The van der Waals surface area contributed by atoms with Gasteiger partial charge in [0.15, 0.2) is 23.3 Å². The van der Waals surface area contributed by atoms with Gasteiger partial charge in [-0.2, -0.15) is 0 Å². The number of carbonyl (C=O) groups is 2. The number of rotatable bonds is 18. The number of aliphatic hydroxyl groups is 4. The van der Waals surface area contributed by atoms with Gasteiger partial charge in [-0.25, -0.2) is 17.6 Å². The molecule has 0 bridgehead atoms. The van der Waals surface area contributed by atoms with E-state index in [1.165, 1.54) is 12.2 Å². The number of aromatic nitrogens is 2. The molecule has 356 valence electrons. The van der Waals surface area contributed by atoms with Gasteiger partial charge in [0.25, 0.3) is 0 Å². The van der Waals surface area contributed by atoms with Crippen molar-refractivity contribution in [3.63, 3.8) is 0 Å². The van der Waals surface area contributed by atoms with Crippen molar-refractivity contribution in [2.75, 3.05) is 23.9 Å². The predicted molar refractivity (Wildman–Crippen MR) is 253 cm³/mol. The molecule has 69 heavy (non-hydrogen) atoms. The Labute approximate surface area is 425 Å². The Kier molecular flexibility index (Phi) is 18.0. The number of aliphatic hydroxyl groups excluding tert-OH is 4. The van der Waals surface area contributed by atoms with E-state index >= 15 is 0 Å². The van der Waals surface area contributed by atoms with Crippen molar-refractivity contribution in [3.8, 4) is 0 Å². The monoisotopic (exact) mass is 974 g/mol. The molecule has 2 aliphatic carbocycles. The van der Waals surface area contributed by atoms with Crippen molar-refractivity contribution >= 4 is 106 Å². The predicted octanol–water partition coefficient (Wildman–Crippen LogP) is 6.47. The van der Waals surface area contributed by atoms with E-state index in [-0.39, 0.29) is 62.4 Å². The maximum atomic E-state index is 14.3. The zero-order chi connectivity index (χ0) is 48.8. The number of carboxylic acids is 2. The summed E-state index contributed by atoms with van der Waals surface area (Å²) in [6.45, 7) is 0. The first-order valence-electron chi connectivity index (χ1n) is 22.2. The number of anilines is 4. The van der Waals surface area contributed by atoms with Crippen LogP contribution in [0.4, 0.5) is 40.3 Å². The molecule has 2 saturated carbocycles. The van der Waals surface area contributed by atoms with E-state index in [2.05, 4.69) is 9.97 Å². The first-order chi connectivity index (χ1) is 32.5. The van der Waals surface area contributed by atoms with Gasteiger partial charge in [0.05, 0.1) is 58.2 Å². The largest absolute Gasteiger partial charge is 2.00 e. The molecule has 4 N–H and O–H groups in total. The van der Waals surface area contributed by atoms with Crippen molar-refractivity contribution in [1.82, 2.24) is 9.97 Å². The van der Waals surface area contributed by atoms with Crippen LogP contribution in [0.5, 0.6) is 0 Å². The Morgan fingerprint density at radius 1 is 0.609 bits per heavy atom. The molecule has 2 aromatic heterocycles. The number of nitrogens with zero attached hydrogens (tertiary/aromatic N) is 4. The van der Waals surface area contributed by atoms with Crippen LogP contribution in [0, 0.1) is 23.3 Å². The molecule has 0 unspecified atom stereocenters. The summed E-state index contributed by atoms with van der Waals surface area (Å²) < 4.78 is 56.7.